The molecule has 1 aromatic carbocycles. The predicted octanol–water partition coefficient (Wildman–Crippen LogP) is 1.07. The molecule has 1 aromatic rings. The van der Waals surface area contributed by atoms with Crippen molar-refractivity contribution in [1.82, 2.24) is 4.90 Å². The van der Waals surface area contributed by atoms with Gasteiger partial charge >= 0.3 is 5.97 Å². The van der Waals surface area contributed by atoms with Gasteiger partial charge in [-0.3, -0.25) is 9.69 Å². The van der Waals surface area contributed by atoms with Gasteiger partial charge in [-0.15, -0.1) is 0 Å². The van der Waals surface area contributed by atoms with Gasteiger partial charge in [0.05, 0.1) is 13.2 Å². The Bertz CT molecular complexity index is 406. The molecule has 2 rings (SSSR count). The zero-order valence-electron chi connectivity index (χ0n) is 10.1. The summed E-state index contributed by atoms with van der Waals surface area (Å²) in [6.07, 6.45) is 0. The highest BCUT2D eigenvalue weighted by Crippen LogP contribution is 2.24. The molecular weight excluding hydrogens is 216 g/mol. The highest BCUT2D eigenvalue weighted by atomic mass is 16.5. The van der Waals surface area contributed by atoms with Crippen molar-refractivity contribution < 1.29 is 9.53 Å². The largest absolute Gasteiger partial charge is 0.465 e. The molecule has 92 valence electrons. The molecule has 0 amide bonds. The molecule has 1 heterocycles. The van der Waals surface area contributed by atoms with E-state index >= 15 is 0 Å². The van der Waals surface area contributed by atoms with E-state index in [2.05, 4.69) is 12.1 Å². The summed E-state index contributed by atoms with van der Waals surface area (Å²) < 4.78 is 4.95. The molecule has 1 unspecified atom stereocenters. The Morgan fingerprint density at radius 3 is 3.06 bits per heavy atom. The lowest BCUT2D eigenvalue weighted by Gasteiger charge is -2.31. The molecule has 0 radical (unpaired) electrons. The van der Waals surface area contributed by atoms with Crippen molar-refractivity contribution in [3.63, 3.8) is 0 Å². The van der Waals surface area contributed by atoms with E-state index in [9.17, 15) is 4.79 Å². The van der Waals surface area contributed by atoms with E-state index in [-0.39, 0.29) is 12.0 Å². The van der Waals surface area contributed by atoms with Crippen molar-refractivity contribution in [3.05, 3.63) is 35.4 Å². The molecule has 1 aliphatic heterocycles. The van der Waals surface area contributed by atoms with E-state index in [1.807, 2.05) is 24.0 Å². The highest BCUT2D eigenvalue weighted by Gasteiger charge is 2.23. The second-order valence-corrected chi connectivity index (χ2v) is 4.28. The monoisotopic (exact) mass is 234 g/mol. The van der Waals surface area contributed by atoms with Crippen molar-refractivity contribution in [1.29, 1.82) is 0 Å². The Kier molecular flexibility index (Phi) is 3.76. The molecule has 4 nitrogen and oxygen atoms in total. The highest BCUT2D eigenvalue weighted by molar-refractivity contribution is 5.71. The van der Waals surface area contributed by atoms with Crippen molar-refractivity contribution in [3.8, 4) is 0 Å². The van der Waals surface area contributed by atoms with Gasteiger partial charge in [0.1, 0.15) is 0 Å². The van der Waals surface area contributed by atoms with Gasteiger partial charge in [-0.25, -0.2) is 0 Å². The van der Waals surface area contributed by atoms with Crippen LogP contribution in [0.1, 0.15) is 24.1 Å². The van der Waals surface area contributed by atoms with Crippen LogP contribution in [-0.2, 0) is 16.1 Å². The van der Waals surface area contributed by atoms with Crippen LogP contribution < -0.4 is 5.73 Å². The van der Waals surface area contributed by atoms with E-state index in [0.29, 0.717) is 19.7 Å². The first kappa shape index (κ1) is 12.1. The van der Waals surface area contributed by atoms with Crippen LogP contribution in [0.25, 0.3) is 0 Å². The van der Waals surface area contributed by atoms with Crippen LogP contribution >= 0.6 is 0 Å². The van der Waals surface area contributed by atoms with Crippen molar-refractivity contribution in [2.75, 3.05) is 19.7 Å². The van der Waals surface area contributed by atoms with Gasteiger partial charge in [0.25, 0.3) is 0 Å². The number of hydrogen-bond acceptors (Lipinski definition) is 4. The lowest BCUT2D eigenvalue weighted by atomic mass is 9.96. The lowest BCUT2D eigenvalue weighted by molar-refractivity contribution is -0.144. The number of hydrogen-bond donors (Lipinski definition) is 1. The molecule has 1 aliphatic rings. The Balaban J connectivity index is 2.04. The summed E-state index contributed by atoms with van der Waals surface area (Å²) in [6.45, 7) is 4.03. The fourth-order valence-electron chi connectivity index (χ4n) is 2.23. The number of esters is 1. The Hall–Kier alpha value is -1.39. The summed E-state index contributed by atoms with van der Waals surface area (Å²) in [6, 6.07) is 8.10. The average molecular weight is 234 g/mol. The molecule has 4 heteroatoms. The van der Waals surface area contributed by atoms with Crippen LogP contribution in [-0.4, -0.2) is 30.6 Å². The third-order valence-corrected chi connectivity index (χ3v) is 2.96. The van der Waals surface area contributed by atoms with Crippen LogP contribution in [0.3, 0.4) is 0 Å². The van der Waals surface area contributed by atoms with Crippen molar-refractivity contribution in [2.45, 2.75) is 19.5 Å². The Morgan fingerprint density at radius 1 is 1.53 bits per heavy atom. The van der Waals surface area contributed by atoms with Crippen molar-refractivity contribution >= 4 is 5.97 Å². The summed E-state index contributed by atoms with van der Waals surface area (Å²) in [7, 11) is 0. The number of carbonyl (C=O) groups is 1. The molecule has 0 saturated heterocycles. The van der Waals surface area contributed by atoms with Crippen LogP contribution in [0.5, 0.6) is 0 Å². The minimum atomic E-state index is -0.181. The topological polar surface area (TPSA) is 55.6 Å². The second-order valence-electron chi connectivity index (χ2n) is 4.28. The number of ether oxygens (including phenoxy) is 1. The van der Waals surface area contributed by atoms with Crippen molar-refractivity contribution in [2.24, 2.45) is 5.73 Å². The zero-order valence-corrected chi connectivity index (χ0v) is 10.1. The molecular formula is C13H18N2O2. The second kappa shape index (κ2) is 5.29. The Labute approximate surface area is 101 Å². The fourth-order valence-corrected chi connectivity index (χ4v) is 2.23. The summed E-state index contributed by atoms with van der Waals surface area (Å²) >= 11 is 0. The number of benzene rings is 1. The number of fused-ring (bicyclic) bond motifs is 1. The summed E-state index contributed by atoms with van der Waals surface area (Å²) in [5.74, 6) is -0.181. The zero-order chi connectivity index (χ0) is 12.3. The number of nitrogens with zero attached hydrogens (tertiary/aromatic N) is 1. The van der Waals surface area contributed by atoms with Gasteiger partial charge < -0.3 is 10.5 Å². The first-order chi connectivity index (χ1) is 8.20. The smallest absolute Gasteiger partial charge is 0.320 e. The quantitative estimate of drug-likeness (QED) is 0.795. The van der Waals surface area contributed by atoms with Crippen LogP contribution in [0.2, 0.25) is 0 Å². The van der Waals surface area contributed by atoms with E-state index in [1.165, 1.54) is 11.1 Å². The van der Waals surface area contributed by atoms with E-state index in [0.717, 1.165) is 6.54 Å². The minimum Gasteiger partial charge on any atom is -0.465 e. The molecule has 0 aromatic heterocycles. The minimum absolute atomic E-state index is 0.0191. The molecule has 0 saturated carbocycles. The van der Waals surface area contributed by atoms with E-state index in [4.69, 9.17) is 10.5 Å². The van der Waals surface area contributed by atoms with Crippen LogP contribution in [0, 0.1) is 0 Å². The van der Waals surface area contributed by atoms with Gasteiger partial charge in [-0.1, -0.05) is 24.3 Å². The lowest BCUT2D eigenvalue weighted by Crippen LogP contribution is -2.40. The maximum atomic E-state index is 11.4. The average Bonchev–Trinajstić information content (AvgIpc) is 2.29. The molecule has 0 spiro atoms. The van der Waals surface area contributed by atoms with Gasteiger partial charge in [0.2, 0.25) is 0 Å². The summed E-state index contributed by atoms with van der Waals surface area (Å²) in [5, 5.41) is 0. The predicted molar refractivity (Wildman–Crippen MR) is 65.3 cm³/mol. The normalized spacial score (nSPS) is 19.8. The molecule has 2 N–H and O–H groups in total. The number of carbonyl (C=O) groups excluding carboxylic acids is 1. The summed E-state index contributed by atoms with van der Waals surface area (Å²) in [4.78, 5) is 13.5. The molecule has 0 aliphatic carbocycles. The molecule has 17 heavy (non-hydrogen) atoms. The molecule has 0 bridgehead atoms. The van der Waals surface area contributed by atoms with Gasteiger partial charge in [0, 0.05) is 19.1 Å². The number of nitrogens with two attached hydrogens (primary N) is 1. The maximum absolute atomic E-state index is 11.4. The van der Waals surface area contributed by atoms with E-state index in [1.54, 1.807) is 0 Å². The van der Waals surface area contributed by atoms with Gasteiger partial charge in [-0.05, 0) is 18.1 Å². The van der Waals surface area contributed by atoms with Gasteiger partial charge in [-0.2, -0.15) is 0 Å². The maximum Gasteiger partial charge on any atom is 0.320 e. The third-order valence-electron chi connectivity index (χ3n) is 2.96. The third kappa shape index (κ3) is 2.84. The first-order valence-electron chi connectivity index (χ1n) is 5.92. The fraction of sp³-hybridized carbons (Fsp3) is 0.462. The first-order valence-corrected chi connectivity index (χ1v) is 5.92. The van der Waals surface area contributed by atoms with Gasteiger partial charge in [0.15, 0.2) is 0 Å². The van der Waals surface area contributed by atoms with E-state index < -0.39 is 0 Å². The SMILES string of the molecule is CCOC(=O)CN1Cc2ccccc2C(N)C1. The van der Waals surface area contributed by atoms with Crippen LogP contribution in [0.15, 0.2) is 24.3 Å². The Morgan fingerprint density at radius 2 is 2.29 bits per heavy atom. The number of rotatable bonds is 3. The van der Waals surface area contributed by atoms with Crippen LogP contribution in [0.4, 0.5) is 0 Å². The molecule has 0 fully saturated rings. The standard InChI is InChI=1S/C13H18N2O2/c1-2-17-13(16)9-15-7-10-5-3-4-6-11(10)12(14)8-15/h3-6,12H,2,7-9,14H2,1H3. The summed E-state index contributed by atoms with van der Waals surface area (Å²) in [5.41, 5.74) is 8.48. The molecule has 1 atom stereocenters.